The Kier molecular flexibility index (Phi) is 2.94. The van der Waals surface area contributed by atoms with Gasteiger partial charge in [0.25, 0.3) is 5.91 Å². The largest absolute Gasteiger partial charge is 0.355 e. The van der Waals surface area contributed by atoms with E-state index < -0.39 is 0 Å². The molecule has 0 unspecified atom stereocenters. The van der Waals surface area contributed by atoms with Crippen LogP contribution in [0.2, 0.25) is 5.02 Å². The van der Waals surface area contributed by atoms with E-state index in [-0.39, 0.29) is 29.6 Å². The Labute approximate surface area is 131 Å². The number of benzene rings is 1. The average Bonchev–Trinajstić information content (AvgIpc) is 3.21. The summed E-state index contributed by atoms with van der Waals surface area (Å²) in [5.41, 5.74) is 1.00. The molecule has 2 aliphatic rings. The number of halogens is 1. The highest BCUT2D eigenvalue weighted by molar-refractivity contribution is 6.30. The van der Waals surface area contributed by atoms with E-state index >= 15 is 0 Å². The minimum absolute atomic E-state index is 0.0593. The zero-order valence-corrected chi connectivity index (χ0v) is 12.2. The van der Waals surface area contributed by atoms with Gasteiger partial charge in [-0.05, 0) is 30.7 Å². The van der Waals surface area contributed by atoms with Crippen molar-refractivity contribution in [2.45, 2.75) is 18.5 Å². The topological polar surface area (TPSA) is 75.4 Å². The van der Waals surface area contributed by atoms with Crippen LogP contribution >= 0.6 is 11.6 Å². The second kappa shape index (κ2) is 4.84. The molecule has 112 valence electrons. The lowest BCUT2D eigenvalue weighted by molar-refractivity contribution is -0.124. The number of likely N-dealkylation sites (tertiary alicyclic amines) is 1. The van der Waals surface area contributed by atoms with Crippen LogP contribution in [0.25, 0.3) is 11.3 Å². The van der Waals surface area contributed by atoms with Gasteiger partial charge in [0, 0.05) is 29.2 Å². The summed E-state index contributed by atoms with van der Waals surface area (Å²) in [5, 5.41) is 7.30. The van der Waals surface area contributed by atoms with Crippen LogP contribution in [0.1, 0.15) is 16.9 Å². The fraction of sp³-hybridized carbons (Fsp3) is 0.267. The summed E-state index contributed by atoms with van der Waals surface area (Å²) in [6.07, 6.45) is 0.673. The molecule has 4 rings (SSSR count). The number of carbonyl (C=O) groups is 2. The highest BCUT2D eigenvalue weighted by atomic mass is 35.5. The van der Waals surface area contributed by atoms with E-state index in [0.29, 0.717) is 23.7 Å². The molecule has 2 atom stereocenters. The molecule has 22 heavy (non-hydrogen) atoms. The van der Waals surface area contributed by atoms with Crippen molar-refractivity contribution >= 4 is 23.4 Å². The van der Waals surface area contributed by atoms with Crippen LogP contribution in [0.15, 0.2) is 34.9 Å². The summed E-state index contributed by atoms with van der Waals surface area (Å²) < 4.78 is 5.24. The Balaban J connectivity index is 1.58. The first-order valence-corrected chi connectivity index (χ1v) is 7.33. The van der Waals surface area contributed by atoms with Gasteiger partial charge in [-0.2, -0.15) is 0 Å². The maximum atomic E-state index is 12.5. The van der Waals surface area contributed by atoms with Crippen LogP contribution in [0.4, 0.5) is 0 Å². The first-order valence-electron chi connectivity index (χ1n) is 6.96. The predicted octanol–water partition coefficient (Wildman–Crippen LogP) is 1.71. The van der Waals surface area contributed by atoms with Gasteiger partial charge in [-0.3, -0.25) is 9.59 Å². The van der Waals surface area contributed by atoms with Gasteiger partial charge in [-0.1, -0.05) is 16.8 Å². The highest BCUT2D eigenvalue weighted by Gasteiger charge is 2.46. The van der Waals surface area contributed by atoms with Crippen molar-refractivity contribution in [1.82, 2.24) is 15.4 Å². The number of hydrogen-bond donors (Lipinski definition) is 1. The van der Waals surface area contributed by atoms with E-state index in [2.05, 4.69) is 10.5 Å². The zero-order valence-electron chi connectivity index (χ0n) is 11.5. The molecule has 0 saturated carbocycles. The zero-order chi connectivity index (χ0) is 15.3. The third-order valence-electron chi connectivity index (χ3n) is 4.07. The van der Waals surface area contributed by atoms with Crippen molar-refractivity contribution in [2.24, 2.45) is 0 Å². The monoisotopic (exact) mass is 317 g/mol. The Hall–Kier alpha value is -2.34. The summed E-state index contributed by atoms with van der Waals surface area (Å²) in [4.78, 5) is 25.7. The average molecular weight is 318 g/mol. The van der Waals surface area contributed by atoms with E-state index in [4.69, 9.17) is 16.1 Å². The van der Waals surface area contributed by atoms with E-state index in [9.17, 15) is 9.59 Å². The fourth-order valence-electron chi connectivity index (χ4n) is 2.98. The van der Waals surface area contributed by atoms with Crippen LogP contribution < -0.4 is 5.32 Å². The van der Waals surface area contributed by atoms with Gasteiger partial charge in [0.1, 0.15) is 6.04 Å². The number of carbonyl (C=O) groups excluding carboxylic acids is 2. The number of nitrogens with zero attached hydrogens (tertiary/aromatic N) is 2. The molecular weight excluding hydrogens is 306 g/mol. The molecule has 2 bridgehead atoms. The summed E-state index contributed by atoms with van der Waals surface area (Å²) in [5.74, 6) is 0.131. The summed E-state index contributed by atoms with van der Waals surface area (Å²) in [6.45, 7) is 0.526. The van der Waals surface area contributed by atoms with Crippen molar-refractivity contribution in [1.29, 1.82) is 0 Å². The van der Waals surface area contributed by atoms with Crippen molar-refractivity contribution in [3.63, 3.8) is 0 Å². The lowest BCUT2D eigenvalue weighted by atomic mass is 10.1. The molecule has 6 nitrogen and oxygen atoms in total. The van der Waals surface area contributed by atoms with Crippen molar-refractivity contribution in [2.75, 3.05) is 6.54 Å². The molecule has 2 saturated heterocycles. The minimum Gasteiger partial charge on any atom is -0.355 e. The van der Waals surface area contributed by atoms with Crippen molar-refractivity contribution < 1.29 is 14.1 Å². The van der Waals surface area contributed by atoms with Crippen LogP contribution in [0.3, 0.4) is 0 Å². The summed E-state index contributed by atoms with van der Waals surface area (Å²) in [7, 11) is 0. The summed E-state index contributed by atoms with van der Waals surface area (Å²) >= 11 is 5.85. The Morgan fingerprint density at radius 3 is 2.82 bits per heavy atom. The number of amides is 2. The number of rotatable bonds is 2. The standard InChI is InChI=1S/C15H12ClN3O3/c16-9-3-1-8(2-4-9)13-6-11(18-22-13)15(21)19-7-10-5-12(19)14(20)17-10/h1-4,6,10,12H,5,7H2,(H,17,20)/t10-,12-/m0/s1. The molecule has 1 aromatic heterocycles. The van der Waals surface area contributed by atoms with E-state index in [1.165, 1.54) is 0 Å². The molecule has 0 radical (unpaired) electrons. The maximum Gasteiger partial charge on any atom is 0.276 e. The van der Waals surface area contributed by atoms with Crippen LogP contribution in [0, 0.1) is 0 Å². The van der Waals surface area contributed by atoms with Gasteiger partial charge in [0.2, 0.25) is 5.91 Å². The van der Waals surface area contributed by atoms with Gasteiger partial charge < -0.3 is 14.7 Å². The van der Waals surface area contributed by atoms with E-state index in [1.807, 2.05) is 0 Å². The third-order valence-corrected chi connectivity index (χ3v) is 4.32. The molecule has 2 aromatic rings. The van der Waals surface area contributed by atoms with Gasteiger partial charge in [-0.25, -0.2) is 0 Å². The maximum absolute atomic E-state index is 12.5. The molecule has 1 N–H and O–H groups in total. The molecule has 7 heteroatoms. The molecule has 0 spiro atoms. The number of piperazine rings is 1. The fourth-order valence-corrected chi connectivity index (χ4v) is 3.11. The van der Waals surface area contributed by atoms with Gasteiger partial charge in [0.05, 0.1) is 0 Å². The number of nitrogens with one attached hydrogen (secondary N) is 1. The molecule has 0 aliphatic carbocycles. The van der Waals surface area contributed by atoms with Crippen LogP contribution in [-0.2, 0) is 4.79 Å². The minimum atomic E-state index is -0.381. The second-order valence-electron chi connectivity index (χ2n) is 5.50. The second-order valence-corrected chi connectivity index (χ2v) is 5.93. The van der Waals surface area contributed by atoms with E-state index in [0.717, 1.165) is 5.56 Å². The lowest BCUT2D eigenvalue weighted by Gasteiger charge is -2.25. The molecule has 2 aliphatic heterocycles. The molecule has 2 fully saturated rings. The van der Waals surface area contributed by atoms with Crippen molar-refractivity contribution in [3.8, 4) is 11.3 Å². The van der Waals surface area contributed by atoms with Gasteiger partial charge >= 0.3 is 0 Å². The van der Waals surface area contributed by atoms with Crippen LogP contribution in [-0.4, -0.2) is 40.5 Å². The smallest absolute Gasteiger partial charge is 0.276 e. The first-order chi connectivity index (χ1) is 10.6. The van der Waals surface area contributed by atoms with Gasteiger partial charge in [0.15, 0.2) is 11.5 Å². The lowest BCUT2D eigenvalue weighted by Crippen LogP contribution is -2.50. The Bertz CT molecular complexity index is 756. The predicted molar refractivity (Wildman–Crippen MR) is 78.3 cm³/mol. The van der Waals surface area contributed by atoms with Crippen molar-refractivity contribution in [3.05, 3.63) is 41.0 Å². The Morgan fingerprint density at radius 1 is 1.36 bits per heavy atom. The molecule has 1 aromatic carbocycles. The van der Waals surface area contributed by atoms with Gasteiger partial charge in [-0.15, -0.1) is 0 Å². The molecular formula is C15H12ClN3O3. The SMILES string of the molecule is O=C1N[C@H]2C[C@@H]1N(C(=O)c1cc(-c3ccc(Cl)cc3)on1)C2. The number of aromatic nitrogens is 1. The highest BCUT2D eigenvalue weighted by Crippen LogP contribution is 2.27. The first kappa shape index (κ1) is 13.3. The molecule has 3 heterocycles. The Morgan fingerprint density at radius 2 is 2.14 bits per heavy atom. The van der Waals surface area contributed by atoms with E-state index in [1.54, 1.807) is 35.2 Å². The number of hydrogen-bond acceptors (Lipinski definition) is 4. The summed E-state index contributed by atoms with van der Waals surface area (Å²) in [6, 6.07) is 8.34. The van der Waals surface area contributed by atoms with Crippen LogP contribution in [0.5, 0.6) is 0 Å². The molecule has 2 amide bonds. The number of fused-ring (bicyclic) bond motifs is 2. The quantitative estimate of drug-likeness (QED) is 0.915. The third kappa shape index (κ3) is 2.07. The normalized spacial score (nSPS) is 23.0.